The van der Waals surface area contributed by atoms with Crippen molar-refractivity contribution in [2.45, 2.75) is 18.6 Å². The van der Waals surface area contributed by atoms with Crippen LogP contribution in [-0.4, -0.2) is 24.4 Å². The van der Waals surface area contributed by atoms with Crippen molar-refractivity contribution in [2.24, 2.45) is 5.73 Å². The number of urea groups is 1. The summed E-state index contributed by atoms with van der Waals surface area (Å²) >= 11 is 1.38. The minimum Gasteiger partial charge on any atom is -0.465 e. The molecule has 1 heterocycles. The van der Waals surface area contributed by atoms with Gasteiger partial charge in [-0.3, -0.25) is 0 Å². The second kappa shape index (κ2) is 4.36. The number of carbonyl (C=O) groups is 2. The van der Waals surface area contributed by atoms with E-state index in [1.807, 2.05) is 6.92 Å². The third kappa shape index (κ3) is 2.41. The molecule has 1 aliphatic heterocycles. The molecule has 0 aromatic heterocycles. The first-order chi connectivity index (χ1) is 6.54. The molecule has 0 saturated carbocycles. The normalized spacial score (nSPS) is 20.9. The average Bonchev–Trinajstić information content (AvgIpc) is 2.44. The molecule has 0 aromatic carbocycles. The zero-order valence-corrected chi connectivity index (χ0v) is 8.81. The van der Waals surface area contributed by atoms with Crippen LogP contribution in [0.1, 0.15) is 13.3 Å². The maximum Gasteiger partial charge on any atom is 0.346 e. The van der Waals surface area contributed by atoms with Gasteiger partial charge in [0.1, 0.15) is 4.91 Å². The third-order valence-corrected chi connectivity index (χ3v) is 2.95. The number of carbonyl (C=O) groups excluding carboxylic acids is 2. The van der Waals surface area contributed by atoms with E-state index in [9.17, 15) is 9.59 Å². The number of methoxy groups -OCH3 is 1. The van der Waals surface area contributed by atoms with Crippen molar-refractivity contribution >= 4 is 23.8 Å². The lowest BCUT2D eigenvalue weighted by atomic mass is 10.2. The van der Waals surface area contributed by atoms with Crippen molar-refractivity contribution in [3.63, 3.8) is 0 Å². The number of esters is 1. The highest BCUT2D eigenvalue weighted by Gasteiger charge is 2.28. The van der Waals surface area contributed by atoms with Crippen molar-refractivity contribution < 1.29 is 14.3 Å². The molecule has 0 spiro atoms. The van der Waals surface area contributed by atoms with E-state index in [-0.39, 0.29) is 5.25 Å². The number of amides is 2. The fourth-order valence-electron chi connectivity index (χ4n) is 1.21. The number of nitrogens with one attached hydrogen (secondary N) is 1. The van der Waals surface area contributed by atoms with Crippen LogP contribution in [0.3, 0.4) is 0 Å². The van der Waals surface area contributed by atoms with Crippen LogP contribution < -0.4 is 11.1 Å². The van der Waals surface area contributed by atoms with Crippen LogP contribution in [0.5, 0.6) is 0 Å². The Morgan fingerprint density at radius 3 is 2.79 bits per heavy atom. The SMILES string of the molecule is COC(=O)C1=C(NC(N)=O)CC(C)S1. The van der Waals surface area contributed by atoms with E-state index in [1.165, 1.54) is 18.9 Å². The molecule has 0 fully saturated rings. The highest BCUT2D eigenvalue weighted by atomic mass is 32.2. The van der Waals surface area contributed by atoms with Crippen LogP contribution in [0, 0.1) is 0 Å². The second-order valence-electron chi connectivity index (χ2n) is 2.92. The fourth-order valence-corrected chi connectivity index (χ4v) is 2.32. The van der Waals surface area contributed by atoms with Gasteiger partial charge in [0.15, 0.2) is 0 Å². The number of ether oxygens (including phenoxy) is 1. The van der Waals surface area contributed by atoms with Crippen molar-refractivity contribution in [3.8, 4) is 0 Å². The molecule has 6 heteroatoms. The van der Waals surface area contributed by atoms with Gasteiger partial charge >= 0.3 is 12.0 Å². The summed E-state index contributed by atoms with van der Waals surface area (Å²) in [7, 11) is 1.31. The van der Waals surface area contributed by atoms with E-state index in [1.54, 1.807) is 0 Å². The molecule has 1 atom stereocenters. The van der Waals surface area contributed by atoms with E-state index in [4.69, 9.17) is 5.73 Å². The van der Waals surface area contributed by atoms with Crippen LogP contribution in [0.15, 0.2) is 10.6 Å². The summed E-state index contributed by atoms with van der Waals surface area (Å²) in [6.07, 6.45) is 0.623. The Labute approximate surface area is 86.0 Å². The second-order valence-corrected chi connectivity index (χ2v) is 4.37. The smallest absolute Gasteiger partial charge is 0.346 e. The number of allylic oxidation sites excluding steroid dienone is 1. The first-order valence-corrected chi connectivity index (χ1v) is 4.97. The van der Waals surface area contributed by atoms with Crippen LogP contribution in [0.2, 0.25) is 0 Å². The molecule has 2 amide bonds. The molecule has 5 nitrogen and oxygen atoms in total. The minimum absolute atomic E-state index is 0.256. The number of rotatable bonds is 2. The van der Waals surface area contributed by atoms with Crippen LogP contribution in [-0.2, 0) is 9.53 Å². The number of primary amides is 1. The minimum atomic E-state index is -0.656. The van der Waals surface area contributed by atoms with E-state index in [0.29, 0.717) is 17.0 Å². The van der Waals surface area contributed by atoms with Gasteiger partial charge in [-0.25, -0.2) is 9.59 Å². The van der Waals surface area contributed by atoms with Crippen molar-refractivity contribution in [1.82, 2.24) is 5.32 Å². The molecule has 1 rings (SSSR count). The molecular formula is C8H12N2O3S. The van der Waals surface area contributed by atoms with Crippen LogP contribution in [0.4, 0.5) is 4.79 Å². The molecule has 0 saturated heterocycles. The molecule has 0 aromatic rings. The zero-order chi connectivity index (χ0) is 10.7. The zero-order valence-electron chi connectivity index (χ0n) is 7.99. The number of thioether (sulfide) groups is 1. The van der Waals surface area contributed by atoms with Gasteiger partial charge in [0.2, 0.25) is 0 Å². The van der Waals surface area contributed by atoms with E-state index in [2.05, 4.69) is 10.1 Å². The Morgan fingerprint density at radius 1 is 1.64 bits per heavy atom. The fraction of sp³-hybridized carbons (Fsp3) is 0.500. The van der Waals surface area contributed by atoms with Gasteiger partial charge < -0.3 is 15.8 Å². The molecular weight excluding hydrogens is 204 g/mol. The summed E-state index contributed by atoms with van der Waals surface area (Å²) in [5.41, 5.74) is 5.53. The summed E-state index contributed by atoms with van der Waals surface area (Å²) in [6.45, 7) is 1.96. The molecule has 0 aliphatic carbocycles. The first kappa shape index (κ1) is 10.9. The lowest BCUT2D eigenvalue weighted by molar-refractivity contribution is -0.135. The van der Waals surface area contributed by atoms with Gasteiger partial charge in [-0.15, -0.1) is 11.8 Å². The van der Waals surface area contributed by atoms with Crippen molar-refractivity contribution in [1.29, 1.82) is 0 Å². The highest BCUT2D eigenvalue weighted by molar-refractivity contribution is 8.04. The summed E-state index contributed by atoms with van der Waals surface area (Å²) in [5, 5.41) is 2.69. The van der Waals surface area contributed by atoms with Gasteiger partial charge in [-0.2, -0.15) is 0 Å². The Bertz CT molecular complexity index is 301. The van der Waals surface area contributed by atoms with Crippen molar-refractivity contribution in [3.05, 3.63) is 10.6 Å². The molecule has 1 unspecified atom stereocenters. The number of hydrogen-bond acceptors (Lipinski definition) is 4. The van der Waals surface area contributed by atoms with E-state index < -0.39 is 12.0 Å². The summed E-state index contributed by atoms with van der Waals surface area (Å²) < 4.78 is 4.58. The molecule has 3 N–H and O–H groups in total. The largest absolute Gasteiger partial charge is 0.465 e. The maximum absolute atomic E-state index is 11.3. The van der Waals surface area contributed by atoms with E-state index in [0.717, 1.165) is 0 Å². The van der Waals surface area contributed by atoms with Gasteiger partial charge in [0, 0.05) is 17.4 Å². The van der Waals surface area contributed by atoms with Crippen LogP contribution >= 0.6 is 11.8 Å². The van der Waals surface area contributed by atoms with Gasteiger partial charge in [-0.1, -0.05) is 6.92 Å². The van der Waals surface area contributed by atoms with Gasteiger partial charge in [0.05, 0.1) is 7.11 Å². The monoisotopic (exact) mass is 216 g/mol. The number of nitrogens with two attached hydrogens (primary N) is 1. The quantitative estimate of drug-likeness (QED) is 0.661. The summed E-state index contributed by atoms with van der Waals surface area (Å²) in [4.78, 5) is 22.3. The molecule has 1 aliphatic rings. The Hall–Kier alpha value is -1.17. The lowest BCUT2D eigenvalue weighted by Gasteiger charge is -2.04. The van der Waals surface area contributed by atoms with Crippen LogP contribution in [0.25, 0.3) is 0 Å². The van der Waals surface area contributed by atoms with E-state index >= 15 is 0 Å². The molecule has 14 heavy (non-hydrogen) atoms. The summed E-state index contributed by atoms with van der Waals surface area (Å²) in [5.74, 6) is -0.428. The molecule has 0 radical (unpaired) electrons. The summed E-state index contributed by atoms with van der Waals surface area (Å²) in [6, 6.07) is -0.656. The third-order valence-electron chi connectivity index (χ3n) is 1.73. The Morgan fingerprint density at radius 2 is 2.29 bits per heavy atom. The lowest BCUT2D eigenvalue weighted by Crippen LogP contribution is -2.29. The standard InChI is InChI=1S/C8H12N2O3S/c1-4-3-5(10-8(9)12)6(14-4)7(11)13-2/h4H,3H2,1-2H3,(H3,9,10,12). The van der Waals surface area contributed by atoms with Gasteiger partial charge in [0.25, 0.3) is 0 Å². The Kier molecular flexibility index (Phi) is 3.40. The average molecular weight is 216 g/mol. The Balaban J connectivity index is 2.82. The number of hydrogen-bond donors (Lipinski definition) is 2. The van der Waals surface area contributed by atoms with Crippen molar-refractivity contribution in [2.75, 3.05) is 7.11 Å². The van der Waals surface area contributed by atoms with Gasteiger partial charge in [-0.05, 0) is 0 Å². The highest BCUT2D eigenvalue weighted by Crippen LogP contribution is 2.36. The topological polar surface area (TPSA) is 81.4 Å². The predicted molar refractivity (Wildman–Crippen MR) is 53.4 cm³/mol. The molecule has 78 valence electrons. The molecule has 0 bridgehead atoms. The first-order valence-electron chi connectivity index (χ1n) is 4.09. The maximum atomic E-state index is 11.3. The predicted octanol–water partition coefficient (Wildman–Crippen LogP) is 0.565.